The molecule has 0 saturated heterocycles. The molecule has 0 aromatic heterocycles. The van der Waals surface area contributed by atoms with Gasteiger partial charge in [-0.25, -0.2) is 10.6 Å². The van der Waals surface area contributed by atoms with Crippen LogP contribution in [0, 0.1) is 0 Å². The Bertz CT molecular complexity index is 471. The van der Waals surface area contributed by atoms with Gasteiger partial charge in [-0.2, -0.15) is 0 Å². The zero-order valence-electron chi connectivity index (χ0n) is 11.2. The summed E-state index contributed by atoms with van der Waals surface area (Å²) in [6.45, 7) is 4.72. The summed E-state index contributed by atoms with van der Waals surface area (Å²) in [6.07, 6.45) is -0.171. The van der Waals surface area contributed by atoms with Crippen molar-refractivity contribution in [1.82, 2.24) is 5.01 Å². The lowest BCUT2D eigenvalue weighted by Gasteiger charge is -2.29. The fourth-order valence-corrected chi connectivity index (χ4v) is 2.05. The number of ether oxygens (including phenoxy) is 1. The molecular formula is C14H19N3O2. The normalized spacial score (nSPS) is 19.3. The molecule has 2 N–H and O–H groups in total. The van der Waals surface area contributed by atoms with Gasteiger partial charge in [-0.05, 0) is 19.4 Å². The number of esters is 1. The molecule has 2 rings (SSSR count). The standard InChI is InChI=1S/C14H19N3O2/c1-10(2)19-14(18)13-16-8-12(9-17(13)15)11-6-4-3-5-7-11/h3-7,10,12H,8-9,15H2,1-2H3. The van der Waals surface area contributed by atoms with Gasteiger partial charge in [0.25, 0.3) is 0 Å². The zero-order valence-corrected chi connectivity index (χ0v) is 11.2. The average Bonchev–Trinajstić information content (AvgIpc) is 2.38. The number of nitrogens with zero attached hydrogens (tertiary/aromatic N) is 2. The first-order chi connectivity index (χ1) is 9.08. The number of hydrogen-bond acceptors (Lipinski definition) is 5. The molecule has 19 heavy (non-hydrogen) atoms. The van der Waals surface area contributed by atoms with E-state index in [1.54, 1.807) is 13.8 Å². The molecule has 102 valence electrons. The van der Waals surface area contributed by atoms with Crippen LogP contribution in [-0.4, -0.2) is 36.0 Å². The van der Waals surface area contributed by atoms with Crippen LogP contribution in [0.2, 0.25) is 0 Å². The van der Waals surface area contributed by atoms with E-state index in [1.807, 2.05) is 30.3 Å². The van der Waals surface area contributed by atoms with Gasteiger partial charge in [-0.3, -0.25) is 10.0 Å². The molecule has 0 aliphatic carbocycles. The molecule has 0 spiro atoms. The molecule has 1 aliphatic rings. The van der Waals surface area contributed by atoms with Crippen molar-refractivity contribution in [2.45, 2.75) is 25.9 Å². The molecule has 1 aromatic rings. The Morgan fingerprint density at radius 2 is 2.11 bits per heavy atom. The number of hydrogen-bond donors (Lipinski definition) is 1. The van der Waals surface area contributed by atoms with Crippen LogP contribution in [-0.2, 0) is 9.53 Å². The van der Waals surface area contributed by atoms with Gasteiger partial charge in [0.1, 0.15) is 0 Å². The molecule has 0 saturated carbocycles. The van der Waals surface area contributed by atoms with Gasteiger partial charge in [0.05, 0.1) is 12.6 Å². The molecule has 1 unspecified atom stereocenters. The quantitative estimate of drug-likeness (QED) is 0.658. The highest BCUT2D eigenvalue weighted by molar-refractivity contribution is 6.35. The zero-order chi connectivity index (χ0) is 13.8. The summed E-state index contributed by atoms with van der Waals surface area (Å²) in [4.78, 5) is 16.1. The first-order valence-corrected chi connectivity index (χ1v) is 6.40. The monoisotopic (exact) mass is 261 g/mol. The molecule has 0 radical (unpaired) electrons. The van der Waals surface area contributed by atoms with Crippen LogP contribution in [0.15, 0.2) is 35.3 Å². The summed E-state index contributed by atoms with van der Waals surface area (Å²) in [6, 6.07) is 10.0. The van der Waals surface area contributed by atoms with E-state index in [4.69, 9.17) is 10.6 Å². The Hall–Kier alpha value is -1.88. The summed E-state index contributed by atoms with van der Waals surface area (Å²) < 4.78 is 5.11. The topological polar surface area (TPSA) is 67.9 Å². The molecule has 1 aliphatic heterocycles. The van der Waals surface area contributed by atoms with Crippen LogP contribution in [0.5, 0.6) is 0 Å². The minimum atomic E-state index is -0.455. The fraction of sp³-hybridized carbons (Fsp3) is 0.429. The van der Waals surface area contributed by atoms with Crippen molar-refractivity contribution in [2.75, 3.05) is 13.1 Å². The third-order valence-corrected chi connectivity index (χ3v) is 2.95. The van der Waals surface area contributed by atoms with E-state index >= 15 is 0 Å². The molecule has 0 fully saturated rings. The number of hydrazine groups is 1. The number of carbonyl (C=O) groups excluding carboxylic acids is 1. The summed E-state index contributed by atoms with van der Waals surface area (Å²) in [5.74, 6) is 5.85. The fourth-order valence-electron chi connectivity index (χ4n) is 2.05. The maximum absolute atomic E-state index is 11.8. The predicted molar refractivity (Wildman–Crippen MR) is 73.6 cm³/mol. The summed E-state index contributed by atoms with van der Waals surface area (Å²) in [7, 11) is 0. The summed E-state index contributed by atoms with van der Waals surface area (Å²) >= 11 is 0. The average molecular weight is 261 g/mol. The first-order valence-electron chi connectivity index (χ1n) is 6.40. The molecular weight excluding hydrogens is 242 g/mol. The number of amidine groups is 1. The SMILES string of the molecule is CC(C)OC(=O)C1=NCC(c2ccccc2)CN1N. The third kappa shape index (κ3) is 3.32. The van der Waals surface area contributed by atoms with Gasteiger partial charge in [0.15, 0.2) is 0 Å². The van der Waals surface area contributed by atoms with Crippen LogP contribution in [0.25, 0.3) is 0 Å². The van der Waals surface area contributed by atoms with Crippen LogP contribution in [0.4, 0.5) is 0 Å². The second-order valence-electron chi connectivity index (χ2n) is 4.88. The number of benzene rings is 1. The van der Waals surface area contributed by atoms with Gasteiger partial charge in [0.2, 0.25) is 5.84 Å². The van der Waals surface area contributed by atoms with Gasteiger partial charge >= 0.3 is 5.97 Å². The Morgan fingerprint density at radius 1 is 1.42 bits per heavy atom. The van der Waals surface area contributed by atoms with Crippen molar-refractivity contribution in [3.63, 3.8) is 0 Å². The maximum atomic E-state index is 11.8. The van der Waals surface area contributed by atoms with Gasteiger partial charge in [0, 0.05) is 12.5 Å². The molecule has 5 heteroatoms. The van der Waals surface area contributed by atoms with E-state index in [0.717, 1.165) is 0 Å². The lowest BCUT2D eigenvalue weighted by Crippen LogP contribution is -2.48. The van der Waals surface area contributed by atoms with Gasteiger partial charge in [-0.15, -0.1) is 0 Å². The Kier molecular flexibility index (Phi) is 4.16. The van der Waals surface area contributed by atoms with Crippen molar-refractivity contribution >= 4 is 11.8 Å². The highest BCUT2D eigenvalue weighted by atomic mass is 16.5. The van der Waals surface area contributed by atoms with Crippen molar-refractivity contribution in [2.24, 2.45) is 10.8 Å². The van der Waals surface area contributed by atoms with Crippen molar-refractivity contribution < 1.29 is 9.53 Å². The minimum Gasteiger partial charge on any atom is -0.457 e. The van der Waals surface area contributed by atoms with E-state index in [1.165, 1.54) is 10.6 Å². The van der Waals surface area contributed by atoms with Crippen LogP contribution in [0.1, 0.15) is 25.3 Å². The maximum Gasteiger partial charge on any atom is 0.375 e. The van der Waals surface area contributed by atoms with E-state index in [-0.39, 0.29) is 17.9 Å². The van der Waals surface area contributed by atoms with Crippen LogP contribution in [0.3, 0.4) is 0 Å². The highest BCUT2D eigenvalue weighted by Crippen LogP contribution is 2.20. The largest absolute Gasteiger partial charge is 0.457 e. The van der Waals surface area contributed by atoms with Crippen molar-refractivity contribution in [3.05, 3.63) is 35.9 Å². The molecule has 1 atom stereocenters. The first kappa shape index (κ1) is 13.5. The molecule has 5 nitrogen and oxygen atoms in total. The van der Waals surface area contributed by atoms with Gasteiger partial charge in [-0.1, -0.05) is 30.3 Å². The van der Waals surface area contributed by atoms with Crippen molar-refractivity contribution in [1.29, 1.82) is 0 Å². The van der Waals surface area contributed by atoms with E-state index in [0.29, 0.717) is 13.1 Å². The molecule has 0 amide bonds. The van der Waals surface area contributed by atoms with Gasteiger partial charge < -0.3 is 4.74 Å². The second kappa shape index (κ2) is 5.84. The third-order valence-electron chi connectivity index (χ3n) is 2.95. The number of aliphatic imine (C=N–C) groups is 1. The highest BCUT2D eigenvalue weighted by Gasteiger charge is 2.27. The lowest BCUT2D eigenvalue weighted by molar-refractivity contribution is -0.140. The number of nitrogens with two attached hydrogens (primary N) is 1. The number of carbonyl (C=O) groups is 1. The van der Waals surface area contributed by atoms with Crippen LogP contribution >= 0.6 is 0 Å². The molecule has 0 bridgehead atoms. The Labute approximate surface area is 113 Å². The molecule has 1 heterocycles. The summed E-state index contributed by atoms with van der Waals surface area (Å²) in [5.41, 5.74) is 1.18. The lowest BCUT2D eigenvalue weighted by atomic mass is 9.98. The predicted octanol–water partition coefficient (Wildman–Crippen LogP) is 1.31. The number of rotatable bonds is 3. The van der Waals surface area contributed by atoms with E-state index in [9.17, 15) is 4.79 Å². The Morgan fingerprint density at radius 3 is 2.68 bits per heavy atom. The second-order valence-corrected chi connectivity index (χ2v) is 4.88. The Balaban J connectivity index is 2.08. The smallest absolute Gasteiger partial charge is 0.375 e. The minimum absolute atomic E-state index is 0.171. The summed E-state index contributed by atoms with van der Waals surface area (Å²) in [5, 5.41) is 1.38. The van der Waals surface area contributed by atoms with Crippen LogP contribution < -0.4 is 5.84 Å². The van der Waals surface area contributed by atoms with E-state index < -0.39 is 5.97 Å². The molecule has 1 aromatic carbocycles. The van der Waals surface area contributed by atoms with E-state index in [2.05, 4.69) is 4.99 Å². The van der Waals surface area contributed by atoms with Crippen molar-refractivity contribution in [3.8, 4) is 0 Å².